The standard InChI is InChI=1S/C17H23N3S/c1-17(2)10-8-13(9-11-17)19-16-14(15(18)20-21-16)12-6-4-3-5-7-12/h3-7,13,19H,8-11H2,1-2H3,(H2,18,20). The topological polar surface area (TPSA) is 50.9 Å². The third-order valence-electron chi connectivity index (χ3n) is 4.46. The minimum atomic E-state index is 0.493. The molecule has 112 valence electrons. The molecule has 2 aromatic rings. The number of benzene rings is 1. The van der Waals surface area contributed by atoms with Gasteiger partial charge in [0.2, 0.25) is 0 Å². The lowest BCUT2D eigenvalue weighted by Crippen LogP contribution is -2.29. The zero-order valence-electron chi connectivity index (χ0n) is 12.7. The third-order valence-corrected chi connectivity index (χ3v) is 5.25. The Balaban J connectivity index is 1.78. The van der Waals surface area contributed by atoms with E-state index in [2.05, 4.69) is 35.7 Å². The van der Waals surface area contributed by atoms with Crippen LogP contribution in [0.15, 0.2) is 30.3 Å². The predicted molar refractivity (Wildman–Crippen MR) is 91.6 cm³/mol. The van der Waals surface area contributed by atoms with E-state index in [1.807, 2.05) is 18.2 Å². The van der Waals surface area contributed by atoms with Crippen LogP contribution in [0.5, 0.6) is 0 Å². The van der Waals surface area contributed by atoms with Crippen LogP contribution in [-0.2, 0) is 0 Å². The van der Waals surface area contributed by atoms with Crippen molar-refractivity contribution in [3.05, 3.63) is 30.3 Å². The van der Waals surface area contributed by atoms with Crippen LogP contribution in [0.3, 0.4) is 0 Å². The third kappa shape index (κ3) is 3.21. The van der Waals surface area contributed by atoms with Gasteiger partial charge in [0, 0.05) is 6.04 Å². The van der Waals surface area contributed by atoms with E-state index in [1.165, 1.54) is 37.2 Å². The average Bonchev–Trinajstić information content (AvgIpc) is 2.83. The van der Waals surface area contributed by atoms with Crippen molar-refractivity contribution in [2.24, 2.45) is 5.41 Å². The molecule has 3 N–H and O–H groups in total. The number of nitrogen functional groups attached to an aromatic ring is 1. The normalized spacial score (nSPS) is 18.6. The van der Waals surface area contributed by atoms with E-state index in [1.54, 1.807) is 0 Å². The molecule has 4 heteroatoms. The van der Waals surface area contributed by atoms with Crippen LogP contribution in [0, 0.1) is 5.41 Å². The van der Waals surface area contributed by atoms with Crippen molar-refractivity contribution in [2.45, 2.75) is 45.6 Å². The van der Waals surface area contributed by atoms with E-state index in [0.717, 1.165) is 16.1 Å². The van der Waals surface area contributed by atoms with Gasteiger partial charge in [-0.25, -0.2) is 0 Å². The summed E-state index contributed by atoms with van der Waals surface area (Å²) in [6.07, 6.45) is 5.00. The van der Waals surface area contributed by atoms with Gasteiger partial charge >= 0.3 is 0 Å². The maximum atomic E-state index is 6.08. The van der Waals surface area contributed by atoms with Crippen molar-refractivity contribution in [1.29, 1.82) is 0 Å². The molecule has 0 radical (unpaired) electrons. The number of hydrogen-bond acceptors (Lipinski definition) is 4. The zero-order chi connectivity index (χ0) is 14.9. The maximum Gasteiger partial charge on any atom is 0.147 e. The number of anilines is 2. The molecular weight excluding hydrogens is 278 g/mol. The van der Waals surface area contributed by atoms with Crippen molar-refractivity contribution in [2.75, 3.05) is 11.1 Å². The highest BCUT2D eigenvalue weighted by atomic mass is 32.1. The van der Waals surface area contributed by atoms with Gasteiger partial charge in [0.1, 0.15) is 10.8 Å². The van der Waals surface area contributed by atoms with E-state index in [-0.39, 0.29) is 0 Å². The molecule has 0 atom stereocenters. The Morgan fingerprint density at radius 2 is 1.86 bits per heavy atom. The lowest BCUT2D eigenvalue weighted by atomic mass is 9.75. The summed E-state index contributed by atoms with van der Waals surface area (Å²) in [4.78, 5) is 0. The Morgan fingerprint density at radius 1 is 1.19 bits per heavy atom. The number of nitrogens with two attached hydrogens (primary N) is 1. The summed E-state index contributed by atoms with van der Waals surface area (Å²) in [7, 11) is 0. The lowest BCUT2D eigenvalue weighted by molar-refractivity contribution is 0.232. The van der Waals surface area contributed by atoms with Gasteiger partial charge in [-0.1, -0.05) is 44.2 Å². The van der Waals surface area contributed by atoms with Crippen molar-refractivity contribution in [1.82, 2.24) is 4.37 Å². The van der Waals surface area contributed by atoms with E-state index in [4.69, 9.17) is 5.73 Å². The Kier molecular flexibility index (Phi) is 3.89. The summed E-state index contributed by atoms with van der Waals surface area (Å²) in [5.74, 6) is 0.629. The van der Waals surface area contributed by atoms with Gasteiger partial charge in [-0.2, -0.15) is 4.37 Å². The molecule has 1 saturated carbocycles. The molecule has 0 amide bonds. The molecule has 0 spiro atoms. The van der Waals surface area contributed by atoms with Gasteiger partial charge in [-0.05, 0) is 48.2 Å². The van der Waals surface area contributed by atoms with Crippen molar-refractivity contribution in [3.8, 4) is 11.1 Å². The molecule has 1 heterocycles. The second-order valence-electron chi connectivity index (χ2n) is 6.72. The molecule has 3 nitrogen and oxygen atoms in total. The van der Waals surface area contributed by atoms with Gasteiger partial charge < -0.3 is 11.1 Å². The van der Waals surface area contributed by atoms with Crippen molar-refractivity contribution in [3.63, 3.8) is 0 Å². The number of aromatic nitrogens is 1. The molecule has 0 saturated heterocycles. The molecule has 1 aromatic carbocycles. The van der Waals surface area contributed by atoms with E-state index >= 15 is 0 Å². The van der Waals surface area contributed by atoms with Gasteiger partial charge in [-0.15, -0.1) is 0 Å². The fourth-order valence-electron chi connectivity index (χ4n) is 3.01. The monoisotopic (exact) mass is 301 g/mol. The SMILES string of the molecule is CC1(C)CCC(Nc2snc(N)c2-c2ccccc2)CC1. The quantitative estimate of drug-likeness (QED) is 0.858. The smallest absolute Gasteiger partial charge is 0.147 e. The number of nitrogens with zero attached hydrogens (tertiary/aromatic N) is 1. The van der Waals surface area contributed by atoms with Gasteiger partial charge in [0.25, 0.3) is 0 Å². The van der Waals surface area contributed by atoms with E-state index in [9.17, 15) is 0 Å². The molecule has 0 bridgehead atoms. The van der Waals surface area contributed by atoms with Gasteiger partial charge in [0.15, 0.2) is 0 Å². The highest BCUT2D eigenvalue weighted by molar-refractivity contribution is 7.11. The molecule has 3 rings (SSSR count). The van der Waals surface area contributed by atoms with Gasteiger partial charge in [0.05, 0.1) is 5.56 Å². The summed E-state index contributed by atoms with van der Waals surface area (Å²) in [5, 5.41) is 4.80. The molecule has 21 heavy (non-hydrogen) atoms. The largest absolute Gasteiger partial charge is 0.382 e. The van der Waals surface area contributed by atoms with Crippen LogP contribution in [0.2, 0.25) is 0 Å². The average molecular weight is 301 g/mol. The number of hydrogen-bond donors (Lipinski definition) is 2. The second-order valence-corrected chi connectivity index (χ2v) is 7.49. The Morgan fingerprint density at radius 3 is 2.52 bits per heavy atom. The van der Waals surface area contributed by atoms with Crippen molar-refractivity contribution < 1.29 is 0 Å². The number of rotatable bonds is 3. The highest BCUT2D eigenvalue weighted by Crippen LogP contribution is 2.40. The Hall–Kier alpha value is -1.55. The van der Waals surface area contributed by atoms with Crippen LogP contribution in [0.25, 0.3) is 11.1 Å². The maximum absolute atomic E-state index is 6.08. The summed E-state index contributed by atoms with van der Waals surface area (Å²) in [6.45, 7) is 4.73. The fraction of sp³-hybridized carbons (Fsp3) is 0.471. The highest BCUT2D eigenvalue weighted by Gasteiger charge is 2.27. The first-order valence-corrected chi connectivity index (χ1v) is 8.40. The summed E-state index contributed by atoms with van der Waals surface area (Å²) < 4.78 is 4.34. The minimum absolute atomic E-state index is 0.493. The van der Waals surface area contributed by atoms with Crippen LogP contribution in [0.1, 0.15) is 39.5 Å². The molecule has 1 aliphatic rings. The first-order chi connectivity index (χ1) is 10.1. The molecule has 0 aliphatic heterocycles. The predicted octanol–water partition coefficient (Wildman–Crippen LogP) is 4.77. The minimum Gasteiger partial charge on any atom is -0.382 e. The summed E-state index contributed by atoms with van der Waals surface area (Å²) in [5.41, 5.74) is 8.78. The lowest BCUT2D eigenvalue weighted by Gasteiger charge is -2.34. The van der Waals surface area contributed by atoms with Crippen LogP contribution < -0.4 is 11.1 Å². The molecule has 0 unspecified atom stereocenters. The number of nitrogens with one attached hydrogen (secondary N) is 1. The zero-order valence-corrected chi connectivity index (χ0v) is 13.5. The molecule has 1 fully saturated rings. The summed E-state index contributed by atoms with van der Waals surface area (Å²) >= 11 is 1.48. The van der Waals surface area contributed by atoms with Crippen LogP contribution in [0.4, 0.5) is 10.8 Å². The Bertz CT molecular complexity index is 594. The van der Waals surface area contributed by atoms with E-state index < -0.39 is 0 Å². The molecule has 1 aromatic heterocycles. The van der Waals surface area contributed by atoms with Crippen LogP contribution >= 0.6 is 11.5 Å². The van der Waals surface area contributed by atoms with E-state index in [0.29, 0.717) is 17.3 Å². The van der Waals surface area contributed by atoms with Crippen LogP contribution in [-0.4, -0.2) is 10.4 Å². The van der Waals surface area contributed by atoms with Crippen molar-refractivity contribution >= 4 is 22.4 Å². The van der Waals surface area contributed by atoms with Gasteiger partial charge in [-0.3, -0.25) is 0 Å². The molecule has 1 aliphatic carbocycles. The first-order valence-electron chi connectivity index (χ1n) is 7.62. The first kappa shape index (κ1) is 14.4. The second kappa shape index (κ2) is 5.68. The molecular formula is C17H23N3S. The fourth-order valence-corrected chi connectivity index (χ4v) is 3.83. The Labute approximate surface area is 130 Å². The summed E-state index contributed by atoms with van der Waals surface area (Å²) in [6, 6.07) is 10.8.